The number of ketones is 1. The number of quaternary nitrogens is 1. The molecule has 2 nitrogen and oxygen atoms in total. The van der Waals surface area contributed by atoms with Crippen LogP contribution < -0.4 is 5.32 Å². The maximum absolute atomic E-state index is 13.1. The summed E-state index contributed by atoms with van der Waals surface area (Å²) in [6.07, 6.45) is 1.92. The van der Waals surface area contributed by atoms with Gasteiger partial charge in [-0.25, -0.2) is 0 Å². The van der Waals surface area contributed by atoms with Crippen LogP contribution in [0.5, 0.6) is 0 Å². The summed E-state index contributed by atoms with van der Waals surface area (Å²) in [4.78, 5) is 13.1. The Morgan fingerprint density at radius 2 is 1.36 bits per heavy atom. The molecule has 0 unspecified atom stereocenters. The van der Waals surface area contributed by atoms with Gasteiger partial charge in [-0.2, -0.15) is 0 Å². The van der Waals surface area contributed by atoms with E-state index in [0.29, 0.717) is 5.78 Å². The van der Waals surface area contributed by atoms with Gasteiger partial charge in [0.05, 0.1) is 11.8 Å². The third-order valence-electron chi connectivity index (χ3n) is 5.31. The van der Waals surface area contributed by atoms with Crippen molar-refractivity contribution in [3.05, 3.63) is 69.7 Å². The lowest BCUT2D eigenvalue weighted by atomic mass is 9.74. The molecule has 1 heterocycles. The molecule has 132 valence electrons. The molecule has 3 rings (SSSR count). The second-order valence-corrected chi connectivity index (χ2v) is 7.81. The van der Waals surface area contributed by atoms with Crippen LogP contribution >= 0.6 is 23.2 Å². The lowest BCUT2D eigenvalue weighted by Crippen LogP contribution is -2.91. The number of piperidine rings is 1. The molecule has 4 atom stereocenters. The summed E-state index contributed by atoms with van der Waals surface area (Å²) in [7, 11) is 0. The largest absolute Gasteiger partial charge is 0.333 e. The molecular formula is C21H24Cl2NO+. The Hall–Kier alpha value is -1.35. The van der Waals surface area contributed by atoms with Crippen molar-refractivity contribution < 1.29 is 10.1 Å². The molecule has 0 amide bonds. The van der Waals surface area contributed by atoms with Crippen molar-refractivity contribution in [1.29, 1.82) is 0 Å². The molecule has 25 heavy (non-hydrogen) atoms. The van der Waals surface area contributed by atoms with E-state index in [1.807, 2.05) is 48.5 Å². The minimum atomic E-state index is -0.0127. The predicted octanol–water partition coefficient (Wildman–Crippen LogP) is 4.97. The first-order chi connectivity index (χ1) is 12.0. The summed E-state index contributed by atoms with van der Waals surface area (Å²) >= 11 is 12.1. The highest BCUT2D eigenvalue weighted by molar-refractivity contribution is 6.30. The van der Waals surface area contributed by atoms with Gasteiger partial charge >= 0.3 is 0 Å². The zero-order chi connectivity index (χ0) is 18.0. The summed E-state index contributed by atoms with van der Waals surface area (Å²) in [6.45, 7) is 4.20. The van der Waals surface area contributed by atoms with Crippen molar-refractivity contribution in [2.24, 2.45) is 11.8 Å². The van der Waals surface area contributed by atoms with E-state index in [1.165, 1.54) is 5.56 Å². The topological polar surface area (TPSA) is 33.7 Å². The maximum atomic E-state index is 13.1. The standard InChI is InChI=1S/C21H23Cl2NO/c1-3-4-18-20(15-7-11-17(23)12-8-15)24-19(13(2)21(18)25)14-5-9-16(22)10-6-14/h5-13,18-20,24H,3-4H2,1-2H3/p+1/t13-,18+,19-,20-/m0/s1. The van der Waals surface area contributed by atoms with E-state index in [0.717, 1.165) is 28.5 Å². The van der Waals surface area contributed by atoms with Gasteiger partial charge in [-0.15, -0.1) is 0 Å². The van der Waals surface area contributed by atoms with Crippen LogP contribution in [0, 0.1) is 11.8 Å². The minimum Gasteiger partial charge on any atom is -0.333 e. The van der Waals surface area contributed by atoms with Gasteiger partial charge in [0.2, 0.25) is 0 Å². The highest BCUT2D eigenvalue weighted by Gasteiger charge is 2.45. The fourth-order valence-electron chi connectivity index (χ4n) is 3.96. The van der Waals surface area contributed by atoms with Gasteiger partial charge in [0, 0.05) is 21.2 Å². The number of halogens is 2. The van der Waals surface area contributed by atoms with E-state index in [1.54, 1.807) is 0 Å². The highest BCUT2D eigenvalue weighted by Crippen LogP contribution is 2.35. The first kappa shape index (κ1) is 18.4. The van der Waals surface area contributed by atoms with E-state index < -0.39 is 0 Å². The Labute approximate surface area is 159 Å². The fourth-order valence-corrected chi connectivity index (χ4v) is 4.21. The summed E-state index contributed by atoms with van der Waals surface area (Å²) in [5.41, 5.74) is 2.32. The van der Waals surface area contributed by atoms with Crippen molar-refractivity contribution in [1.82, 2.24) is 0 Å². The number of benzene rings is 2. The zero-order valence-electron chi connectivity index (χ0n) is 14.6. The van der Waals surface area contributed by atoms with Crippen LogP contribution in [-0.2, 0) is 4.79 Å². The van der Waals surface area contributed by atoms with Crippen LogP contribution in [0.15, 0.2) is 48.5 Å². The lowest BCUT2D eigenvalue weighted by molar-refractivity contribution is -0.748. The van der Waals surface area contributed by atoms with Gasteiger partial charge in [0.15, 0.2) is 5.78 Å². The molecule has 0 saturated carbocycles. The van der Waals surface area contributed by atoms with Gasteiger partial charge in [-0.3, -0.25) is 4.79 Å². The van der Waals surface area contributed by atoms with Crippen molar-refractivity contribution in [2.45, 2.75) is 38.8 Å². The summed E-state index contributed by atoms with van der Waals surface area (Å²) in [5, 5.41) is 3.80. The van der Waals surface area contributed by atoms with Crippen molar-refractivity contribution in [3.63, 3.8) is 0 Å². The maximum Gasteiger partial charge on any atom is 0.151 e. The Bertz CT molecular complexity index is 727. The van der Waals surface area contributed by atoms with E-state index in [4.69, 9.17) is 23.2 Å². The van der Waals surface area contributed by atoms with E-state index >= 15 is 0 Å². The molecule has 1 aliphatic rings. The van der Waals surface area contributed by atoms with Gasteiger partial charge in [-0.1, -0.05) is 60.8 Å². The van der Waals surface area contributed by atoms with Gasteiger partial charge in [-0.05, 0) is 37.6 Å². The molecule has 0 spiro atoms. The summed E-state index contributed by atoms with van der Waals surface area (Å²) in [5.74, 6) is 0.398. The number of hydrogen-bond acceptors (Lipinski definition) is 1. The highest BCUT2D eigenvalue weighted by atomic mass is 35.5. The smallest absolute Gasteiger partial charge is 0.151 e. The van der Waals surface area contributed by atoms with Crippen LogP contribution in [-0.4, -0.2) is 5.78 Å². The second kappa shape index (κ2) is 7.90. The Morgan fingerprint density at radius 1 is 0.880 bits per heavy atom. The third-order valence-corrected chi connectivity index (χ3v) is 5.81. The quantitative estimate of drug-likeness (QED) is 0.802. The molecule has 2 aromatic carbocycles. The Morgan fingerprint density at radius 3 is 1.84 bits per heavy atom. The average molecular weight is 377 g/mol. The normalized spacial score (nSPS) is 26.6. The van der Waals surface area contributed by atoms with Crippen molar-refractivity contribution >= 4 is 29.0 Å². The SMILES string of the molecule is CCC[C@H]1C(=O)[C@@H](C)[C@@H](c2ccc(Cl)cc2)[NH2+][C@H]1c1ccc(Cl)cc1. The van der Waals surface area contributed by atoms with E-state index in [2.05, 4.69) is 19.2 Å². The molecule has 0 aromatic heterocycles. The Balaban J connectivity index is 1.96. The van der Waals surface area contributed by atoms with Crippen LogP contribution in [0.4, 0.5) is 0 Å². The molecule has 0 aliphatic carbocycles. The van der Waals surface area contributed by atoms with Gasteiger partial charge in [0.1, 0.15) is 12.1 Å². The average Bonchev–Trinajstić information content (AvgIpc) is 2.61. The fraction of sp³-hybridized carbons (Fsp3) is 0.381. The van der Waals surface area contributed by atoms with E-state index in [-0.39, 0.29) is 23.9 Å². The van der Waals surface area contributed by atoms with Crippen LogP contribution in [0.25, 0.3) is 0 Å². The van der Waals surface area contributed by atoms with Gasteiger partial charge in [0.25, 0.3) is 0 Å². The van der Waals surface area contributed by atoms with E-state index in [9.17, 15) is 4.79 Å². The lowest BCUT2D eigenvalue weighted by Gasteiger charge is -2.37. The minimum absolute atomic E-state index is 0.0127. The summed E-state index contributed by atoms with van der Waals surface area (Å²) in [6, 6.07) is 16.0. The number of rotatable bonds is 4. The first-order valence-corrected chi connectivity index (χ1v) is 9.66. The zero-order valence-corrected chi connectivity index (χ0v) is 16.1. The molecule has 2 aromatic rings. The monoisotopic (exact) mass is 376 g/mol. The first-order valence-electron chi connectivity index (χ1n) is 8.91. The van der Waals surface area contributed by atoms with Crippen molar-refractivity contribution in [3.8, 4) is 0 Å². The third kappa shape index (κ3) is 3.92. The number of carbonyl (C=O) groups excluding carboxylic acids is 1. The summed E-state index contributed by atoms with van der Waals surface area (Å²) < 4.78 is 0. The number of carbonyl (C=O) groups is 1. The van der Waals surface area contributed by atoms with Crippen molar-refractivity contribution in [2.75, 3.05) is 0 Å². The molecule has 1 aliphatic heterocycles. The second-order valence-electron chi connectivity index (χ2n) is 6.93. The van der Waals surface area contributed by atoms with Gasteiger partial charge < -0.3 is 5.32 Å². The molecule has 1 saturated heterocycles. The molecule has 0 bridgehead atoms. The number of nitrogens with two attached hydrogens (primary N) is 1. The Kier molecular flexibility index (Phi) is 5.83. The number of Topliss-reactive ketones (excluding diaryl/α,β-unsaturated/α-hetero) is 1. The molecule has 1 fully saturated rings. The molecule has 2 N–H and O–H groups in total. The molecular weight excluding hydrogens is 353 g/mol. The molecule has 4 heteroatoms. The predicted molar refractivity (Wildman–Crippen MR) is 103 cm³/mol. The number of hydrogen-bond donors (Lipinski definition) is 1. The van der Waals surface area contributed by atoms with Crippen LogP contribution in [0.3, 0.4) is 0 Å². The molecule has 0 radical (unpaired) electrons. The van der Waals surface area contributed by atoms with Crippen LogP contribution in [0.1, 0.15) is 49.9 Å². The van der Waals surface area contributed by atoms with Crippen LogP contribution in [0.2, 0.25) is 10.0 Å².